The van der Waals surface area contributed by atoms with E-state index in [4.69, 9.17) is 0 Å². The highest BCUT2D eigenvalue weighted by Gasteiger charge is 2.07. The van der Waals surface area contributed by atoms with E-state index in [0.717, 1.165) is 0 Å². The lowest BCUT2D eigenvalue weighted by Crippen LogP contribution is -2.34. The van der Waals surface area contributed by atoms with Gasteiger partial charge in [0.2, 0.25) is 0 Å². The lowest BCUT2D eigenvalue weighted by atomic mass is 10.1. The van der Waals surface area contributed by atoms with Gasteiger partial charge in [-0.1, -0.05) is 30.3 Å². The summed E-state index contributed by atoms with van der Waals surface area (Å²) in [4.78, 5) is 16.4. The number of aliphatic hydroxyl groups is 1. The smallest absolute Gasteiger partial charge is 0.285 e. The van der Waals surface area contributed by atoms with Gasteiger partial charge in [0.15, 0.2) is 5.65 Å². The lowest BCUT2D eigenvalue weighted by Gasteiger charge is -1.99. The molecule has 5 heteroatoms. The Bertz CT molecular complexity index is 854. The summed E-state index contributed by atoms with van der Waals surface area (Å²) in [6.07, 6.45) is 1.38. The zero-order chi connectivity index (χ0) is 13.4. The zero-order valence-corrected chi connectivity index (χ0v) is 10.2. The summed E-state index contributed by atoms with van der Waals surface area (Å²) in [6, 6.07) is 10.6. The Morgan fingerprint density at radius 2 is 2.00 bits per heavy atom. The topological polar surface area (TPSA) is 67.5 Å². The molecular formula is C14H11N3O2. The van der Waals surface area contributed by atoms with Gasteiger partial charge in [-0.15, -0.1) is 0 Å². The molecule has 2 heterocycles. The van der Waals surface area contributed by atoms with Crippen molar-refractivity contribution in [2.45, 2.75) is 6.92 Å². The van der Waals surface area contributed by atoms with Crippen molar-refractivity contribution in [1.29, 1.82) is 0 Å². The number of aliphatic hydroxyl groups excluding tert-OH is 1. The zero-order valence-electron chi connectivity index (χ0n) is 10.2. The minimum atomic E-state index is -0.376. The van der Waals surface area contributed by atoms with E-state index < -0.39 is 0 Å². The average Bonchev–Trinajstić information content (AvgIpc) is 2.81. The number of rotatable bonds is 1. The van der Waals surface area contributed by atoms with Crippen LogP contribution in [-0.2, 0) is 0 Å². The summed E-state index contributed by atoms with van der Waals surface area (Å²) < 4.78 is 1.20. The van der Waals surface area contributed by atoms with Crippen molar-refractivity contribution in [3.05, 3.63) is 69.4 Å². The van der Waals surface area contributed by atoms with E-state index in [9.17, 15) is 9.90 Å². The molecule has 0 spiro atoms. The van der Waals surface area contributed by atoms with Crippen LogP contribution in [0.4, 0.5) is 0 Å². The molecule has 0 aliphatic carbocycles. The first-order chi connectivity index (χ1) is 9.16. The van der Waals surface area contributed by atoms with Crippen LogP contribution in [0.5, 0.6) is 0 Å². The number of fused-ring (bicyclic) bond motifs is 1. The highest BCUT2D eigenvalue weighted by atomic mass is 16.3. The van der Waals surface area contributed by atoms with Gasteiger partial charge in [0.05, 0.1) is 5.69 Å². The Balaban J connectivity index is 2.37. The molecule has 0 amide bonds. The van der Waals surface area contributed by atoms with Crippen LogP contribution in [0.1, 0.15) is 11.3 Å². The fourth-order valence-corrected chi connectivity index (χ4v) is 1.94. The maximum Gasteiger partial charge on any atom is 0.285 e. The van der Waals surface area contributed by atoms with E-state index >= 15 is 0 Å². The van der Waals surface area contributed by atoms with E-state index in [2.05, 4.69) is 10.1 Å². The maximum absolute atomic E-state index is 12.2. The molecule has 0 aliphatic heterocycles. The van der Waals surface area contributed by atoms with Gasteiger partial charge in [-0.25, -0.2) is 4.98 Å². The molecule has 3 rings (SSSR count). The fraction of sp³-hybridized carbons (Fsp3) is 0.0714. The molecule has 94 valence electrons. The van der Waals surface area contributed by atoms with Crippen LogP contribution in [0.2, 0.25) is 0 Å². The molecule has 2 aromatic heterocycles. The second kappa shape index (κ2) is 4.20. The summed E-state index contributed by atoms with van der Waals surface area (Å²) in [5.41, 5.74) is 1.39. The van der Waals surface area contributed by atoms with Crippen molar-refractivity contribution < 1.29 is 5.11 Å². The van der Waals surface area contributed by atoms with Gasteiger partial charge in [0.25, 0.3) is 5.56 Å². The minimum absolute atomic E-state index is 0.0897. The van der Waals surface area contributed by atoms with E-state index in [1.807, 2.05) is 6.07 Å². The second-order valence-electron chi connectivity index (χ2n) is 4.25. The van der Waals surface area contributed by atoms with Gasteiger partial charge >= 0.3 is 0 Å². The van der Waals surface area contributed by atoms with Crippen LogP contribution in [0.25, 0.3) is 11.4 Å². The summed E-state index contributed by atoms with van der Waals surface area (Å²) in [6.45, 7) is 1.79. The van der Waals surface area contributed by atoms with E-state index in [1.54, 1.807) is 37.3 Å². The third-order valence-electron chi connectivity index (χ3n) is 2.86. The molecule has 0 aliphatic rings. The third-order valence-corrected chi connectivity index (χ3v) is 2.86. The second-order valence-corrected chi connectivity index (χ2v) is 4.25. The van der Waals surface area contributed by atoms with E-state index in [0.29, 0.717) is 16.9 Å². The molecule has 0 atom stereocenters. The summed E-state index contributed by atoms with van der Waals surface area (Å²) in [5.74, 6) is -0.0897. The monoisotopic (exact) mass is 253 g/mol. The highest BCUT2D eigenvalue weighted by molar-refractivity contribution is 5.57. The van der Waals surface area contributed by atoms with Gasteiger partial charge in [0, 0.05) is 17.8 Å². The number of aromatic nitrogens is 3. The van der Waals surface area contributed by atoms with Crippen LogP contribution < -0.4 is 10.8 Å². The van der Waals surface area contributed by atoms with Crippen molar-refractivity contribution >= 4 is 11.4 Å². The molecule has 19 heavy (non-hydrogen) atoms. The highest BCUT2D eigenvalue weighted by Crippen LogP contribution is 2.06. The van der Waals surface area contributed by atoms with E-state index in [-0.39, 0.29) is 16.5 Å². The number of aryl methyl sites for hydroxylation is 1. The van der Waals surface area contributed by atoms with E-state index in [1.165, 1.54) is 10.7 Å². The van der Waals surface area contributed by atoms with Gasteiger partial charge in [-0.05, 0) is 6.92 Å². The molecule has 0 unspecified atom stereocenters. The van der Waals surface area contributed by atoms with Crippen molar-refractivity contribution in [1.82, 2.24) is 14.6 Å². The normalized spacial score (nSPS) is 12.7. The number of hydrogen-bond donors (Lipinski definition) is 1. The average molecular weight is 253 g/mol. The summed E-state index contributed by atoms with van der Waals surface area (Å²) >= 11 is 0. The predicted molar refractivity (Wildman–Crippen MR) is 70.8 cm³/mol. The molecule has 1 N–H and O–H groups in total. The van der Waals surface area contributed by atoms with Gasteiger partial charge in [0.1, 0.15) is 11.0 Å². The first-order valence-corrected chi connectivity index (χ1v) is 5.81. The van der Waals surface area contributed by atoms with Crippen molar-refractivity contribution in [2.75, 3.05) is 0 Å². The Morgan fingerprint density at radius 3 is 2.74 bits per heavy atom. The first-order valence-electron chi connectivity index (χ1n) is 5.81. The van der Waals surface area contributed by atoms with Crippen molar-refractivity contribution in [3.63, 3.8) is 0 Å². The first kappa shape index (κ1) is 11.4. The standard InChI is InChI=1S/C14H11N3O2/c1-9-7-12-15-8-11(14(19)17(12)16-9)13(18)10-5-3-2-4-6-10/h2-8,18H,1H3/b13-11-. The van der Waals surface area contributed by atoms with Crippen molar-refractivity contribution in [3.8, 4) is 0 Å². The molecular weight excluding hydrogens is 242 g/mol. The van der Waals surface area contributed by atoms with Gasteiger partial charge in [-0.2, -0.15) is 9.61 Å². The number of nitrogens with zero attached hydrogens (tertiary/aromatic N) is 3. The SMILES string of the molecule is Cc1cc2nc/c(=C(/O)c3ccccc3)c(=O)n2n1. The molecule has 1 aromatic carbocycles. The van der Waals surface area contributed by atoms with Crippen LogP contribution in [-0.4, -0.2) is 19.7 Å². The Labute approximate surface area is 108 Å². The minimum Gasteiger partial charge on any atom is -0.506 e. The maximum atomic E-state index is 12.2. The summed E-state index contributed by atoms with van der Waals surface area (Å²) in [5, 5.41) is 14.4. The van der Waals surface area contributed by atoms with Gasteiger partial charge in [-0.3, -0.25) is 4.79 Å². The molecule has 0 bridgehead atoms. The summed E-state index contributed by atoms with van der Waals surface area (Å²) in [7, 11) is 0. The lowest BCUT2D eigenvalue weighted by molar-refractivity contribution is 0.506. The van der Waals surface area contributed by atoms with Crippen LogP contribution in [0.3, 0.4) is 0 Å². The molecule has 0 fully saturated rings. The number of hydrogen-bond acceptors (Lipinski definition) is 4. The fourth-order valence-electron chi connectivity index (χ4n) is 1.94. The predicted octanol–water partition coefficient (Wildman–Crippen LogP) is 0.831. The largest absolute Gasteiger partial charge is 0.506 e. The third kappa shape index (κ3) is 1.85. The molecule has 0 saturated heterocycles. The molecule has 0 radical (unpaired) electrons. The molecule has 0 saturated carbocycles. The Kier molecular flexibility index (Phi) is 2.52. The Morgan fingerprint density at radius 1 is 1.26 bits per heavy atom. The van der Waals surface area contributed by atoms with Gasteiger partial charge < -0.3 is 5.11 Å². The van der Waals surface area contributed by atoms with Crippen molar-refractivity contribution in [2.24, 2.45) is 0 Å². The molecule has 3 aromatic rings. The molecule has 5 nitrogen and oxygen atoms in total. The van der Waals surface area contributed by atoms with Crippen LogP contribution in [0, 0.1) is 6.92 Å². The van der Waals surface area contributed by atoms with Crippen LogP contribution >= 0.6 is 0 Å². The number of benzene rings is 1. The van der Waals surface area contributed by atoms with Crippen LogP contribution in [0.15, 0.2) is 47.4 Å². The quantitative estimate of drug-likeness (QED) is 0.697. The Hall–Kier alpha value is -2.69.